The lowest BCUT2D eigenvalue weighted by Gasteiger charge is -2.14. The quantitative estimate of drug-likeness (QED) is 0.526. The second kappa shape index (κ2) is 8.42. The Kier molecular flexibility index (Phi) is 6.00. The molecule has 0 spiro atoms. The predicted octanol–water partition coefficient (Wildman–Crippen LogP) is 4.73. The molecule has 0 saturated carbocycles. The number of hydrogen-bond acceptors (Lipinski definition) is 4. The fourth-order valence-electron chi connectivity index (χ4n) is 2.48. The average Bonchev–Trinajstić information content (AvgIpc) is 2.89. The molecule has 134 valence electrons. The standard InChI is InChI=1S/C19H15F2NO2S2/c20-18(21)24-15-8-6-14(7-9-15)12-16-17(23)22(19(25)26-16)11-10-13-4-2-1-3-5-13/h1-9,12,18H,10-11H2/b16-12-. The molecular weight excluding hydrogens is 376 g/mol. The van der Waals surface area contributed by atoms with Crippen molar-refractivity contribution in [2.45, 2.75) is 13.0 Å². The van der Waals surface area contributed by atoms with Crippen molar-refractivity contribution in [1.29, 1.82) is 0 Å². The fourth-order valence-corrected chi connectivity index (χ4v) is 3.78. The van der Waals surface area contributed by atoms with Crippen LogP contribution in [0.3, 0.4) is 0 Å². The van der Waals surface area contributed by atoms with Crippen molar-refractivity contribution in [3.63, 3.8) is 0 Å². The molecule has 7 heteroatoms. The highest BCUT2D eigenvalue weighted by Gasteiger charge is 2.31. The van der Waals surface area contributed by atoms with Crippen molar-refractivity contribution >= 4 is 40.3 Å². The van der Waals surface area contributed by atoms with Gasteiger partial charge in [0.25, 0.3) is 5.91 Å². The van der Waals surface area contributed by atoms with Crippen molar-refractivity contribution in [2.75, 3.05) is 6.54 Å². The first-order valence-corrected chi connectivity index (χ1v) is 9.09. The van der Waals surface area contributed by atoms with Gasteiger partial charge in [0.15, 0.2) is 0 Å². The highest BCUT2D eigenvalue weighted by Crippen LogP contribution is 2.32. The minimum absolute atomic E-state index is 0.0764. The van der Waals surface area contributed by atoms with Gasteiger partial charge in [-0.25, -0.2) is 0 Å². The molecule has 26 heavy (non-hydrogen) atoms. The Morgan fingerprint density at radius 2 is 1.81 bits per heavy atom. The van der Waals surface area contributed by atoms with E-state index in [-0.39, 0.29) is 11.7 Å². The maximum Gasteiger partial charge on any atom is 0.387 e. The lowest BCUT2D eigenvalue weighted by atomic mass is 10.1. The van der Waals surface area contributed by atoms with Crippen LogP contribution in [-0.2, 0) is 11.2 Å². The molecule has 1 aliphatic heterocycles. The summed E-state index contributed by atoms with van der Waals surface area (Å²) in [4.78, 5) is 14.7. The Morgan fingerprint density at radius 1 is 1.12 bits per heavy atom. The summed E-state index contributed by atoms with van der Waals surface area (Å²) in [5.74, 6) is -0.0589. The van der Waals surface area contributed by atoms with Gasteiger partial charge in [-0.05, 0) is 35.8 Å². The Hall–Kier alpha value is -2.25. The van der Waals surface area contributed by atoms with Crippen LogP contribution in [-0.4, -0.2) is 28.3 Å². The summed E-state index contributed by atoms with van der Waals surface area (Å²) in [6.07, 6.45) is 2.42. The molecule has 0 radical (unpaired) electrons. The molecule has 0 unspecified atom stereocenters. The monoisotopic (exact) mass is 391 g/mol. The second-order valence-corrected chi connectivity index (χ2v) is 7.19. The minimum atomic E-state index is -2.86. The van der Waals surface area contributed by atoms with Crippen LogP contribution in [0, 0.1) is 0 Å². The third kappa shape index (κ3) is 4.68. The van der Waals surface area contributed by atoms with Gasteiger partial charge in [0.05, 0.1) is 4.91 Å². The number of halogens is 2. The van der Waals surface area contributed by atoms with Crippen molar-refractivity contribution < 1.29 is 18.3 Å². The van der Waals surface area contributed by atoms with Gasteiger partial charge in [-0.1, -0.05) is 66.4 Å². The molecule has 0 atom stereocenters. The van der Waals surface area contributed by atoms with E-state index in [1.54, 1.807) is 23.1 Å². The minimum Gasteiger partial charge on any atom is -0.435 e. The van der Waals surface area contributed by atoms with Gasteiger partial charge in [0.2, 0.25) is 0 Å². The number of alkyl halides is 2. The SMILES string of the molecule is O=C1/C(=C/c2ccc(OC(F)F)cc2)SC(=S)N1CCc1ccccc1. The number of amides is 1. The summed E-state index contributed by atoms with van der Waals surface area (Å²) < 4.78 is 29.2. The van der Waals surface area contributed by atoms with Crippen LogP contribution in [0.5, 0.6) is 5.75 Å². The number of thioether (sulfide) groups is 1. The molecule has 1 fully saturated rings. The normalized spacial score (nSPS) is 16.0. The summed E-state index contributed by atoms with van der Waals surface area (Å²) in [6.45, 7) is -2.34. The van der Waals surface area contributed by atoms with Gasteiger partial charge in [-0.3, -0.25) is 9.69 Å². The zero-order valence-corrected chi connectivity index (χ0v) is 15.2. The average molecular weight is 391 g/mol. The second-order valence-electron chi connectivity index (χ2n) is 5.52. The number of carbonyl (C=O) groups excluding carboxylic acids is 1. The molecule has 3 rings (SSSR count). The highest BCUT2D eigenvalue weighted by atomic mass is 32.2. The van der Waals surface area contributed by atoms with Crippen molar-refractivity contribution in [2.24, 2.45) is 0 Å². The van der Waals surface area contributed by atoms with Crippen LogP contribution in [0.15, 0.2) is 59.5 Å². The van der Waals surface area contributed by atoms with Gasteiger partial charge >= 0.3 is 6.61 Å². The number of hydrogen-bond donors (Lipinski definition) is 0. The van der Waals surface area contributed by atoms with Crippen LogP contribution >= 0.6 is 24.0 Å². The van der Waals surface area contributed by atoms with Crippen LogP contribution in [0.4, 0.5) is 8.78 Å². The number of thiocarbonyl (C=S) groups is 1. The highest BCUT2D eigenvalue weighted by molar-refractivity contribution is 8.26. The molecule has 1 aliphatic rings. The van der Waals surface area contributed by atoms with E-state index < -0.39 is 6.61 Å². The summed E-state index contributed by atoms with van der Waals surface area (Å²) in [5.41, 5.74) is 1.86. The molecule has 2 aromatic carbocycles. The third-order valence-electron chi connectivity index (χ3n) is 3.74. The number of carbonyl (C=O) groups is 1. The van der Waals surface area contributed by atoms with Crippen LogP contribution < -0.4 is 4.74 Å². The van der Waals surface area contributed by atoms with E-state index in [0.717, 1.165) is 17.5 Å². The first-order chi connectivity index (χ1) is 12.5. The first-order valence-electron chi connectivity index (χ1n) is 7.87. The lowest BCUT2D eigenvalue weighted by Crippen LogP contribution is -2.30. The molecule has 0 N–H and O–H groups in total. The van der Waals surface area contributed by atoms with E-state index in [4.69, 9.17) is 12.2 Å². The molecular formula is C19H15F2NO2S2. The zero-order valence-electron chi connectivity index (χ0n) is 13.6. The predicted molar refractivity (Wildman–Crippen MR) is 103 cm³/mol. The number of benzene rings is 2. The van der Waals surface area contributed by atoms with Gasteiger partial charge in [0, 0.05) is 6.54 Å². The van der Waals surface area contributed by atoms with Gasteiger partial charge in [-0.15, -0.1) is 0 Å². The van der Waals surface area contributed by atoms with Crippen molar-refractivity contribution in [1.82, 2.24) is 4.90 Å². The maximum absolute atomic E-state index is 12.6. The smallest absolute Gasteiger partial charge is 0.387 e. The van der Waals surface area contributed by atoms with Gasteiger partial charge in [0.1, 0.15) is 10.1 Å². The molecule has 0 aromatic heterocycles. The van der Waals surface area contributed by atoms with E-state index in [1.807, 2.05) is 30.3 Å². The zero-order chi connectivity index (χ0) is 18.5. The first kappa shape index (κ1) is 18.5. The Bertz CT molecular complexity index is 823. The largest absolute Gasteiger partial charge is 0.435 e. The van der Waals surface area contributed by atoms with Crippen LogP contribution in [0.2, 0.25) is 0 Å². The Morgan fingerprint density at radius 3 is 2.46 bits per heavy atom. The van der Waals surface area contributed by atoms with Crippen LogP contribution in [0.25, 0.3) is 6.08 Å². The van der Waals surface area contributed by atoms with E-state index in [0.29, 0.717) is 15.8 Å². The molecule has 1 amide bonds. The molecule has 1 heterocycles. The summed E-state index contributed by atoms with van der Waals surface area (Å²) in [7, 11) is 0. The van der Waals surface area contributed by atoms with Crippen molar-refractivity contribution in [3.05, 3.63) is 70.6 Å². The van der Waals surface area contributed by atoms with E-state index in [1.165, 1.54) is 23.9 Å². The molecule has 1 saturated heterocycles. The lowest BCUT2D eigenvalue weighted by molar-refractivity contribution is -0.122. The summed E-state index contributed by atoms with van der Waals surface area (Å²) in [6, 6.07) is 16.0. The number of rotatable bonds is 6. The number of ether oxygens (including phenoxy) is 1. The summed E-state index contributed by atoms with van der Waals surface area (Å²) >= 11 is 6.56. The van der Waals surface area contributed by atoms with E-state index in [9.17, 15) is 13.6 Å². The van der Waals surface area contributed by atoms with Gasteiger partial charge < -0.3 is 4.74 Å². The molecule has 3 nitrogen and oxygen atoms in total. The van der Waals surface area contributed by atoms with E-state index >= 15 is 0 Å². The summed E-state index contributed by atoms with van der Waals surface area (Å²) in [5, 5.41) is 0. The number of nitrogens with zero attached hydrogens (tertiary/aromatic N) is 1. The molecule has 2 aromatic rings. The van der Waals surface area contributed by atoms with Gasteiger partial charge in [-0.2, -0.15) is 8.78 Å². The topological polar surface area (TPSA) is 29.5 Å². The molecule has 0 aliphatic carbocycles. The molecule has 0 bridgehead atoms. The maximum atomic E-state index is 12.6. The van der Waals surface area contributed by atoms with E-state index in [2.05, 4.69) is 4.74 Å². The Balaban J connectivity index is 1.66. The van der Waals surface area contributed by atoms with Crippen LogP contribution in [0.1, 0.15) is 11.1 Å². The van der Waals surface area contributed by atoms with Crippen molar-refractivity contribution in [3.8, 4) is 5.75 Å². The fraction of sp³-hybridized carbons (Fsp3) is 0.158. The Labute approximate surface area is 159 Å². The third-order valence-corrected chi connectivity index (χ3v) is 5.12.